The van der Waals surface area contributed by atoms with E-state index in [1.165, 1.54) is 18.1 Å². The van der Waals surface area contributed by atoms with Crippen molar-refractivity contribution in [2.75, 3.05) is 0 Å². The number of imidazole rings is 1. The molecule has 0 radical (unpaired) electrons. The van der Waals surface area contributed by atoms with Gasteiger partial charge in [0.25, 0.3) is 0 Å². The third-order valence-electron chi connectivity index (χ3n) is 2.59. The second-order valence-corrected chi connectivity index (χ2v) is 5.74. The summed E-state index contributed by atoms with van der Waals surface area (Å²) in [6.07, 6.45) is 3.08. The summed E-state index contributed by atoms with van der Waals surface area (Å²) < 4.78 is 0.960. The van der Waals surface area contributed by atoms with Gasteiger partial charge in [-0.2, -0.15) is 0 Å². The molecule has 0 spiro atoms. The second-order valence-electron chi connectivity index (χ2n) is 3.79. The Morgan fingerprint density at radius 2 is 2.16 bits per heavy atom. The van der Waals surface area contributed by atoms with Crippen LogP contribution in [0.3, 0.4) is 0 Å². The standard InChI is InChI=1S/C12H9BrN4OS/c13-8-2-1-7(4-18)9(3-8)19-12-10-11(15-5-14-10)16-6-17-12/h1-3,5-6,18H,4H2,(H,14,15,16,17). The molecule has 0 amide bonds. The average Bonchev–Trinajstić information content (AvgIpc) is 2.88. The number of aliphatic hydroxyl groups is 1. The number of hydrogen-bond donors (Lipinski definition) is 2. The number of aromatic amines is 1. The van der Waals surface area contributed by atoms with Crippen LogP contribution in [0.25, 0.3) is 11.2 Å². The fourth-order valence-corrected chi connectivity index (χ4v) is 3.20. The van der Waals surface area contributed by atoms with E-state index in [0.717, 1.165) is 25.5 Å². The summed E-state index contributed by atoms with van der Waals surface area (Å²) in [6.45, 7) is -0.00713. The first-order valence-electron chi connectivity index (χ1n) is 5.49. The van der Waals surface area contributed by atoms with Crippen LogP contribution in [0.2, 0.25) is 0 Å². The van der Waals surface area contributed by atoms with Crippen molar-refractivity contribution in [3.8, 4) is 0 Å². The van der Waals surface area contributed by atoms with Gasteiger partial charge in [-0.1, -0.05) is 33.8 Å². The predicted octanol–water partition coefficient (Wildman–Crippen LogP) is 2.76. The van der Waals surface area contributed by atoms with Gasteiger partial charge in [0.2, 0.25) is 0 Å². The lowest BCUT2D eigenvalue weighted by molar-refractivity contribution is 0.279. The highest BCUT2D eigenvalue weighted by molar-refractivity contribution is 9.10. The number of aliphatic hydroxyl groups excluding tert-OH is 1. The molecular weight excluding hydrogens is 328 g/mol. The number of fused-ring (bicyclic) bond motifs is 1. The number of hydrogen-bond acceptors (Lipinski definition) is 5. The highest BCUT2D eigenvalue weighted by Crippen LogP contribution is 2.33. The molecule has 19 heavy (non-hydrogen) atoms. The first-order chi connectivity index (χ1) is 9.28. The van der Waals surface area contributed by atoms with Crippen molar-refractivity contribution < 1.29 is 5.11 Å². The molecule has 2 aromatic heterocycles. The van der Waals surface area contributed by atoms with E-state index in [-0.39, 0.29) is 6.61 Å². The van der Waals surface area contributed by atoms with E-state index in [2.05, 4.69) is 35.9 Å². The van der Waals surface area contributed by atoms with Gasteiger partial charge in [0.15, 0.2) is 5.65 Å². The predicted molar refractivity (Wildman–Crippen MR) is 75.9 cm³/mol. The fraction of sp³-hybridized carbons (Fsp3) is 0.0833. The van der Waals surface area contributed by atoms with Crippen molar-refractivity contribution in [1.82, 2.24) is 19.9 Å². The molecule has 0 unspecified atom stereocenters. The Balaban J connectivity index is 2.05. The van der Waals surface area contributed by atoms with Crippen LogP contribution in [0, 0.1) is 0 Å². The lowest BCUT2D eigenvalue weighted by Gasteiger charge is -2.07. The second kappa shape index (κ2) is 5.28. The van der Waals surface area contributed by atoms with Crippen molar-refractivity contribution in [3.05, 3.63) is 40.9 Å². The van der Waals surface area contributed by atoms with Crippen molar-refractivity contribution >= 4 is 38.9 Å². The molecule has 0 aliphatic rings. The Hall–Kier alpha value is -1.44. The molecule has 0 bridgehead atoms. The van der Waals surface area contributed by atoms with Gasteiger partial charge >= 0.3 is 0 Å². The lowest BCUT2D eigenvalue weighted by atomic mass is 10.2. The maximum Gasteiger partial charge on any atom is 0.181 e. The molecular formula is C12H9BrN4OS. The smallest absolute Gasteiger partial charge is 0.181 e. The van der Waals surface area contributed by atoms with E-state index in [1.807, 2.05) is 18.2 Å². The molecule has 5 nitrogen and oxygen atoms in total. The minimum Gasteiger partial charge on any atom is -0.392 e. The zero-order valence-corrected chi connectivity index (χ0v) is 12.1. The van der Waals surface area contributed by atoms with Crippen LogP contribution in [-0.4, -0.2) is 25.0 Å². The van der Waals surface area contributed by atoms with Crippen molar-refractivity contribution in [2.45, 2.75) is 16.5 Å². The summed E-state index contributed by atoms with van der Waals surface area (Å²) in [5, 5.41) is 10.2. The minimum absolute atomic E-state index is 0.00713. The molecule has 7 heteroatoms. The molecule has 2 N–H and O–H groups in total. The molecule has 2 heterocycles. The largest absolute Gasteiger partial charge is 0.392 e. The van der Waals surface area contributed by atoms with E-state index in [0.29, 0.717) is 5.65 Å². The fourth-order valence-electron chi connectivity index (χ4n) is 1.68. The van der Waals surface area contributed by atoms with E-state index in [9.17, 15) is 5.11 Å². The first kappa shape index (κ1) is 12.6. The van der Waals surface area contributed by atoms with Gasteiger partial charge < -0.3 is 10.1 Å². The molecule has 0 atom stereocenters. The molecule has 0 saturated heterocycles. The van der Waals surface area contributed by atoms with Gasteiger partial charge in [0, 0.05) is 9.37 Å². The van der Waals surface area contributed by atoms with Crippen molar-refractivity contribution in [3.63, 3.8) is 0 Å². The summed E-state index contributed by atoms with van der Waals surface area (Å²) in [7, 11) is 0. The third-order valence-corrected chi connectivity index (χ3v) is 4.19. The van der Waals surface area contributed by atoms with Crippen molar-refractivity contribution in [1.29, 1.82) is 0 Å². The van der Waals surface area contributed by atoms with Crippen LogP contribution < -0.4 is 0 Å². The molecule has 0 aliphatic carbocycles. The van der Waals surface area contributed by atoms with E-state index >= 15 is 0 Å². The van der Waals surface area contributed by atoms with E-state index in [4.69, 9.17) is 0 Å². The number of nitrogens with zero attached hydrogens (tertiary/aromatic N) is 3. The van der Waals surface area contributed by atoms with Gasteiger partial charge in [0.1, 0.15) is 16.9 Å². The van der Waals surface area contributed by atoms with Gasteiger partial charge in [-0.05, 0) is 17.7 Å². The van der Waals surface area contributed by atoms with E-state index < -0.39 is 0 Å². The first-order valence-corrected chi connectivity index (χ1v) is 7.10. The van der Waals surface area contributed by atoms with Crippen LogP contribution in [0.15, 0.2) is 45.2 Å². The van der Waals surface area contributed by atoms with Crippen LogP contribution in [0.5, 0.6) is 0 Å². The minimum atomic E-state index is -0.00713. The summed E-state index contributed by atoms with van der Waals surface area (Å²) >= 11 is 4.91. The summed E-state index contributed by atoms with van der Waals surface area (Å²) in [4.78, 5) is 16.4. The van der Waals surface area contributed by atoms with Gasteiger partial charge in [-0.25, -0.2) is 15.0 Å². The Morgan fingerprint density at radius 3 is 3.00 bits per heavy atom. The topological polar surface area (TPSA) is 74.7 Å². The zero-order chi connectivity index (χ0) is 13.2. The van der Waals surface area contributed by atoms with Gasteiger partial charge in [0.05, 0.1) is 12.9 Å². The highest BCUT2D eigenvalue weighted by Gasteiger charge is 2.10. The van der Waals surface area contributed by atoms with Crippen LogP contribution in [-0.2, 0) is 6.61 Å². The Morgan fingerprint density at radius 1 is 1.26 bits per heavy atom. The number of H-pyrrole nitrogens is 1. The quantitative estimate of drug-likeness (QED) is 0.719. The maximum absolute atomic E-state index is 9.38. The maximum atomic E-state index is 9.38. The van der Waals surface area contributed by atoms with Crippen molar-refractivity contribution in [2.24, 2.45) is 0 Å². The van der Waals surface area contributed by atoms with Crippen LogP contribution in [0.4, 0.5) is 0 Å². The number of halogens is 1. The molecule has 0 fully saturated rings. The summed E-state index contributed by atoms with van der Waals surface area (Å²) in [5.41, 5.74) is 2.30. The monoisotopic (exact) mass is 336 g/mol. The van der Waals surface area contributed by atoms with Gasteiger partial charge in [-0.3, -0.25) is 0 Å². The molecule has 3 aromatic rings. The average molecular weight is 337 g/mol. The zero-order valence-electron chi connectivity index (χ0n) is 9.67. The molecule has 0 saturated carbocycles. The van der Waals surface area contributed by atoms with E-state index in [1.54, 1.807) is 6.33 Å². The Labute approximate surface area is 121 Å². The van der Waals surface area contributed by atoms with Gasteiger partial charge in [-0.15, -0.1) is 0 Å². The number of rotatable bonds is 3. The normalized spacial score (nSPS) is 11.1. The van der Waals surface area contributed by atoms with Crippen LogP contribution >= 0.6 is 27.7 Å². The molecule has 1 aromatic carbocycles. The summed E-state index contributed by atoms with van der Waals surface area (Å²) in [5.74, 6) is 0. The molecule has 96 valence electrons. The summed E-state index contributed by atoms with van der Waals surface area (Å²) in [6, 6.07) is 5.75. The third kappa shape index (κ3) is 2.49. The van der Waals surface area contributed by atoms with Crippen LogP contribution in [0.1, 0.15) is 5.56 Å². The highest BCUT2D eigenvalue weighted by atomic mass is 79.9. The molecule has 0 aliphatic heterocycles. The molecule has 3 rings (SSSR count). The number of aromatic nitrogens is 4. The number of nitrogens with one attached hydrogen (secondary N) is 1. The Kier molecular flexibility index (Phi) is 3.50. The SMILES string of the molecule is OCc1ccc(Br)cc1Sc1ncnc2nc[nH]c12. The number of benzene rings is 1. The Bertz CT molecular complexity index is 731. The lowest BCUT2D eigenvalue weighted by Crippen LogP contribution is -1.90.